The molecule has 14 heavy (non-hydrogen) atoms. The van der Waals surface area contributed by atoms with E-state index in [2.05, 4.69) is 16.7 Å². The summed E-state index contributed by atoms with van der Waals surface area (Å²) in [6.07, 6.45) is 1.20. The van der Waals surface area contributed by atoms with E-state index in [9.17, 15) is 0 Å². The third-order valence-corrected chi connectivity index (χ3v) is 3.01. The van der Waals surface area contributed by atoms with Crippen LogP contribution in [0.4, 0.5) is 5.69 Å². The molecular formula is C11H15ClN2. The van der Waals surface area contributed by atoms with Gasteiger partial charge in [0.15, 0.2) is 0 Å². The zero-order chi connectivity index (χ0) is 9.97. The van der Waals surface area contributed by atoms with E-state index >= 15 is 0 Å². The van der Waals surface area contributed by atoms with Crippen molar-refractivity contribution in [2.45, 2.75) is 19.4 Å². The molecule has 1 atom stereocenters. The molecule has 1 aliphatic rings. The van der Waals surface area contributed by atoms with Crippen LogP contribution in [-0.4, -0.2) is 19.1 Å². The zero-order valence-corrected chi connectivity index (χ0v) is 9.06. The Hall–Kier alpha value is -0.730. The minimum Gasteiger partial charge on any atom is -0.381 e. The van der Waals surface area contributed by atoms with E-state index in [4.69, 9.17) is 11.6 Å². The SMILES string of the molecule is Cc1cc(NC2CCNC2)ccc1Cl. The van der Waals surface area contributed by atoms with Crippen LogP contribution in [0.1, 0.15) is 12.0 Å². The minimum absolute atomic E-state index is 0.565. The average molecular weight is 211 g/mol. The van der Waals surface area contributed by atoms with Gasteiger partial charge in [-0.15, -0.1) is 0 Å². The summed E-state index contributed by atoms with van der Waals surface area (Å²) in [5, 5.41) is 7.65. The van der Waals surface area contributed by atoms with Crippen LogP contribution >= 0.6 is 11.6 Å². The number of anilines is 1. The Labute approximate surface area is 89.7 Å². The van der Waals surface area contributed by atoms with E-state index in [1.807, 2.05) is 19.1 Å². The molecule has 1 aromatic carbocycles. The number of benzene rings is 1. The number of hydrogen-bond donors (Lipinski definition) is 2. The second-order valence-electron chi connectivity index (χ2n) is 3.80. The van der Waals surface area contributed by atoms with Crippen molar-refractivity contribution in [3.63, 3.8) is 0 Å². The highest BCUT2D eigenvalue weighted by Crippen LogP contribution is 2.20. The van der Waals surface area contributed by atoms with Crippen LogP contribution in [-0.2, 0) is 0 Å². The molecule has 2 nitrogen and oxygen atoms in total. The molecule has 1 aliphatic heterocycles. The van der Waals surface area contributed by atoms with Crippen molar-refractivity contribution >= 4 is 17.3 Å². The summed E-state index contributed by atoms with van der Waals surface area (Å²) < 4.78 is 0. The molecule has 1 saturated heterocycles. The standard InChI is InChI=1S/C11H15ClN2/c1-8-6-9(2-3-11(8)12)14-10-4-5-13-7-10/h2-3,6,10,13-14H,4-5,7H2,1H3. The number of halogens is 1. The molecule has 1 fully saturated rings. The van der Waals surface area contributed by atoms with Gasteiger partial charge in [-0.1, -0.05) is 11.6 Å². The summed E-state index contributed by atoms with van der Waals surface area (Å²) in [4.78, 5) is 0. The van der Waals surface area contributed by atoms with Gasteiger partial charge in [0.25, 0.3) is 0 Å². The van der Waals surface area contributed by atoms with Crippen LogP contribution in [0.15, 0.2) is 18.2 Å². The molecule has 76 valence electrons. The van der Waals surface area contributed by atoms with Gasteiger partial charge in [0.05, 0.1) is 0 Å². The Morgan fingerprint density at radius 3 is 3.00 bits per heavy atom. The lowest BCUT2D eigenvalue weighted by Crippen LogP contribution is -2.21. The monoisotopic (exact) mass is 210 g/mol. The summed E-state index contributed by atoms with van der Waals surface area (Å²) in [6.45, 7) is 4.20. The maximum atomic E-state index is 5.96. The molecule has 2 rings (SSSR count). The summed E-state index contributed by atoms with van der Waals surface area (Å²) in [6, 6.07) is 6.64. The molecule has 1 heterocycles. The highest BCUT2D eigenvalue weighted by atomic mass is 35.5. The van der Waals surface area contributed by atoms with Crippen LogP contribution in [0, 0.1) is 6.92 Å². The molecule has 2 N–H and O–H groups in total. The van der Waals surface area contributed by atoms with Crippen LogP contribution in [0.3, 0.4) is 0 Å². The predicted molar refractivity (Wildman–Crippen MR) is 61.1 cm³/mol. The molecule has 0 saturated carbocycles. The number of rotatable bonds is 2. The van der Waals surface area contributed by atoms with Gasteiger partial charge in [0.1, 0.15) is 0 Å². The number of aryl methyl sites for hydroxylation is 1. The molecule has 0 amide bonds. The Morgan fingerprint density at radius 2 is 2.36 bits per heavy atom. The lowest BCUT2D eigenvalue weighted by Gasteiger charge is -2.13. The molecule has 1 aromatic rings. The molecule has 3 heteroatoms. The quantitative estimate of drug-likeness (QED) is 0.784. The van der Waals surface area contributed by atoms with E-state index in [1.54, 1.807) is 0 Å². The van der Waals surface area contributed by atoms with Crippen LogP contribution in [0.2, 0.25) is 5.02 Å². The fourth-order valence-electron chi connectivity index (χ4n) is 1.75. The van der Waals surface area contributed by atoms with E-state index in [-0.39, 0.29) is 0 Å². The van der Waals surface area contributed by atoms with Gasteiger partial charge >= 0.3 is 0 Å². The van der Waals surface area contributed by atoms with Gasteiger partial charge in [0, 0.05) is 23.3 Å². The fraction of sp³-hybridized carbons (Fsp3) is 0.455. The van der Waals surface area contributed by atoms with E-state index in [1.165, 1.54) is 12.1 Å². The van der Waals surface area contributed by atoms with Crippen molar-refractivity contribution in [1.29, 1.82) is 0 Å². The van der Waals surface area contributed by atoms with Gasteiger partial charge in [0.2, 0.25) is 0 Å². The first-order chi connectivity index (χ1) is 6.75. The Balaban J connectivity index is 2.05. The lowest BCUT2D eigenvalue weighted by atomic mass is 10.2. The van der Waals surface area contributed by atoms with E-state index in [0.717, 1.165) is 23.7 Å². The molecule has 0 spiro atoms. The van der Waals surface area contributed by atoms with Crippen molar-refractivity contribution in [2.24, 2.45) is 0 Å². The molecule has 0 aliphatic carbocycles. The smallest absolute Gasteiger partial charge is 0.0436 e. The van der Waals surface area contributed by atoms with E-state index in [0.29, 0.717) is 6.04 Å². The molecular weight excluding hydrogens is 196 g/mol. The highest BCUT2D eigenvalue weighted by molar-refractivity contribution is 6.31. The topological polar surface area (TPSA) is 24.1 Å². The van der Waals surface area contributed by atoms with Gasteiger partial charge in [-0.2, -0.15) is 0 Å². The summed E-state index contributed by atoms with van der Waals surface area (Å²) in [5.41, 5.74) is 2.29. The van der Waals surface area contributed by atoms with Gasteiger partial charge in [-0.25, -0.2) is 0 Å². The zero-order valence-electron chi connectivity index (χ0n) is 8.31. The first kappa shape index (κ1) is 9.81. The Kier molecular flexibility index (Phi) is 2.94. The van der Waals surface area contributed by atoms with Crippen molar-refractivity contribution < 1.29 is 0 Å². The van der Waals surface area contributed by atoms with Gasteiger partial charge in [-0.05, 0) is 43.7 Å². The average Bonchev–Trinajstić information content (AvgIpc) is 2.64. The lowest BCUT2D eigenvalue weighted by molar-refractivity contribution is 0.793. The third-order valence-electron chi connectivity index (χ3n) is 2.59. The third kappa shape index (κ3) is 2.20. The fourth-order valence-corrected chi connectivity index (χ4v) is 1.87. The Bertz CT molecular complexity index is 319. The summed E-state index contributed by atoms with van der Waals surface area (Å²) in [7, 11) is 0. The van der Waals surface area contributed by atoms with Crippen molar-refractivity contribution in [3.8, 4) is 0 Å². The molecule has 0 aromatic heterocycles. The largest absolute Gasteiger partial charge is 0.381 e. The van der Waals surface area contributed by atoms with Gasteiger partial charge < -0.3 is 10.6 Å². The predicted octanol–water partition coefficient (Wildman–Crippen LogP) is 2.42. The molecule has 1 unspecified atom stereocenters. The van der Waals surface area contributed by atoms with Crippen molar-refractivity contribution in [1.82, 2.24) is 5.32 Å². The van der Waals surface area contributed by atoms with Crippen molar-refractivity contribution in [2.75, 3.05) is 18.4 Å². The first-order valence-electron chi connectivity index (χ1n) is 4.99. The van der Waals surface area contributed by atoms with Crippen LogP contribution < -0.4 is 10.6 Å². The van der Waals surface area contributed by atoms with E-state index < -0.39 is 0 Å². The van der Waals surface area contributed by atoms with Crippen LogP contribution in [0.5, 0.6) is 0 Å². The maximum Gasteiger partial charge on any atom is 0.0436 e. The first-order valence-corrected chi connectivity index (χ1v) is 5.37. The molecule has 0 radical (unpaired) electrons. The highest BCUT2D eigenvalue weighted by Gasteiger charge is 2.13. The Morgan fingerprint density at radius 1 is 1.50 bits per heavy atom. The summed E-state index contributed by atoms with van der Waals surface area (Å²) >= 11 is 5.96. The molecule has 0 bridgehead atoms. The number of nitrogens with one attached hydrogen (secondary N) is 2. The minimum atomic E-state index is 0.565. The van der Waals surface area contributed by atoms with Crippen molar-refractivity contribution in [3.05, 3.63) is 28.8 Å². The second-order valence-corrected chi connectivity index (χ2v) is 4.21. The summed E-state index contributed by atoms with van der Waals surface area (Å²) in [5.74, 6) is 0. The van der Waals surface area contributed by atoms with Crippen LogP contribution in [0.25, 0.3) is 0 Å². The maximum absolute atomic E-state index is 5.96. The normalized spacial score (nSPS) is 21.1. The number of hydrogen-bond acceptors (Lipinski definition) is 2. The van der Waals surface area contributed by atoms with Gasteiger partial charge in [-0.3, -0.25) is 0 Å². The second kappa shape index (κ2) is 4.20.